The SMILES string of the molecule is CCOC(=O)C(N)(COCCC1CCC1)c1ccccc1. The lowest BCUT2D eigenvalue weighted by Gasteiger charge is -2.29. The number of esters is 1. The summed E-state index contributed by atoms with van der Waals surface area (Å²) >= 11 is 0. The summed E-state index contributed by atoms with van der Waals surface area (Å²) in [7, 11) is 0. The first-order chi connectivity index (χ1) is 10.2. The van der Waals surface area contributed by atoms with Gasteiger partial charge in [-0.15, -0.1) is 0 Å². The summed E-state index contributed by atoms with van der Waals surface area (Å²) in [6, 6.07) is 9.31. The molecule has 21 heavy (non-hydrogen) atoms. The van der Waals surface area contributed by atoms with Gasteiger partial charge in [-0.1, -0.05) is 49.6 Å². The van der Waals surface area contributed by atoms with E-state index in [2.05, 4.69) is 0 Å². The number of ether oxygens (including phenoxy) is 2. The van der Waals surface area contributed by atoms with Crippen molar-refractivity contribution in [1.29, 1.82) is 0 Å². The number of hydrogen-bond donors (Lipinski definition) is 1. The van der Waals surface area contributed by atoms with Crippen molar-refractivity contribution in [2.24, 2.45) is 11.7 Å². The molecule has 0 amide bonds. The Hall–Kier alpha value is -1.39. The van der Waals surface area contributed by atoms with Crippen molar-refractivity contribution in [3.63, 3.8) is 0 Å². The fraction of sp³-hybridized carbons (Fsp3) is 0.588. The van der Waals surface area contributed by atoms with E-state index < -0.39 is 11.5 Å². The predicted molar refractivity (Wildman–Crippen MR) is 81.7 cm³/mol. The van der Waals surface area contributed by atoms with Gasteiger partial charge in [0.2, 0.25) is 0 Å². The minimum atomic E-state index is -1.23. The summed E-state index contributed by atoms with van der Waals surface area (Å²) < 4.78 is 10.8. The second-order valence-electron chi connectivity index (χ2n) is 5.70. The second-order valence-corrected chi connectivity index (χ2v) is 5.70. The van der Waals surface area contributed by atoms with Crippen LogP contribution in [-0.2, 0) is 19.8 Å². The average molecular weight is 291 g/mol. The molecule has 2 N–H and O–H groups in total. The van der Waals surface area contributed by atoms with Crippen LogP contribution in [0.1, 0.15) is 38.2 Å². The van der Waals surface area contributed by atoms with Crippen molar-refractivity contribution in [3.05, 3.63) is 35.9 Å². The van der Waals surface area contributed by atoms with E-state index in [1.54, 1.807) is 6.92 Å². The van der Waals surface area contributed by atoms with Crippen LogP contribution in [0.5, 0.6) is 0 Å². The summed E-state index contributed by atoms with van der Waals surface area (Å²) in [6.45, 7) is 2.89. The van der Waals surface area contributed by atoms with Crippen LogP contribution in [0.25, 0.3) is 0 Å². The van der Waals surface area contributed by atoms with Gasteiger partial charge in [-0.3, -0.25) is 0 Å². The van der Waals surface area contributed by atoms with Crippen molar-refractivity contribution in [2.75, 3.05) is 19.8 Å². The molecule has 0 radical (unpaired) electrons. The van der Waals surface area contributed by atoms with Crippen LogP contribution in [0.3, 0.4) is 0 Å². The van der Waals surface area contributed by atoms with Crippen LogP contribution < -0.4 is 5.73 Å². The van der Waals surface area contributed by atoms with Gasteiger partial charge in [0.1, 0.15) is 0 Å². The van der Waals surface area contributed by atoms with E-state index in [9.17, 15) is 4.79 Å². The zero-order valence-electron chi connectivity index (χ0n) is 12.7. The van der Waals surface area contributed by atoms with Crippen molar-refractivity contribution in [1.82, 2.24) is 0 Å². The Bertz CT molecular complexity index is 445. The van der Waals surface area contributed by atoms with Gasteiger partial charge in [0.15, 0.2) is 5.54 Å². The van der Waals surface area contributed by atoms with Crippen LogP contribution in [0, 0.1) is 5.92 Å². The Morgan fingerprint density at radius 3 is 2.62 bits per heavy atom. The summed E-state index contributed by atoms with van der Waals surface area (Å²) in [5.74, 6) is 0.358. The molecule has 0 spiro atoms. The largest absolute Gasteiger partial charge is 0.464 e. The van der Waals surface area contributed by atoms with Gasteiger partial charge in [-0.25, -0.2) is 4.79 Å². The summed E-state index contributed by atoms with van der Waals surface area (Å²) in [5, 5.41) is 0. The van der Waals surface area contributed by atoms with Crippen LogP contribution in [-0.4, -0.2) is 25.8 Å². The third-order valence-corrected chi connectivity index (χ3v) is 4.15. The zero-order chi connectivity index (χ0) is 15.1. The first-order valence-electron chi connectivity index (χ1n) is 7.76. The van der Waals surface area contributed by atoms with Crippen LogP contribution in [0.2, 0.25) is 0 Å². The Labute approximate surface area is 126 Å². The highest BCUT2D eigenvalue weighted by Gasteiger charge is 2.38. The maximum atomic E-state index is 12.2. The number of carbonyl (C=O) groups is 1. The minimum absolute atomic E-state index is 0.155. The predicted octanol–water partition coefficient (Wildman–Crippen LogP) is 2.61. The number of carbonyl (C=O) groups excluding carboxylic acids is 1. The van der Waals surface area contributed by atoms with Gasteiger partial charge in [-0.2, -0.15) is 0 Å². The molecule has 2 rings (SSSR count). The molecule has 1 aliphatic rings. The average Bonchev–Trinajstić information content (AvgIpc) is 2.46. The van der Waals surface area contributed by atoms with Crippen molar-refractivity contribution >= 4 is 5.97 Å². The molecule has 1 aliphatic carbocycles. The molecule has 0 saturated heterocycles. The van der Waals surface area contributed by atoms with E-state index in [1.807, 2.05) is 30.3 Å². The van der Waals surface area contributed by atoms with Gasteiger partial charge in [0.05, 0.1) is 13.2 Å². The van der Waals surface area contributed by atoms with E-state index >= 15 is 0 Å². The van der Waals surface area contributed by atoms with Gasteiger partial charge in [0.25, 0.3) is 0 Å². The third kappa shape index (κ3) is 4.05. The number of hydrogen-bond acceptors (Lipinski definition) is 4. The van der Waals surface area contributed by atoms with Crippen molar-refractivity contribution in [2.45, 2.75) is 38.1 Å². The number of rotatable bonds is 8. The Balaban J connectivity index is 1.96. The molecule has 1 aromatic carbocycles. The molecular weight excluding hydrogens is 266 g/mol. The lowest BCUT2D eigenvalue weighted by atomic mass is 9.83. The normalized spacial score (nSPS) is 17.8. The van der Waals surface area contributed by atoms with E-state index in [4.69, 9.17) is 15.2 Å². The summed E-state index contributed by atoms with van der Waals surface area (Å²) in [6.07, 6.45) is 4.98. The van der Waals surface area contributed by atoms with Crippen molar-refractivity contribution < 1.29 is 14.3 Å². The molecular formula is C17H25NO3. The van der Waals surface area contributed by atoms with Gasteiger partial charge in [0, 0.05) is 6.61 Å². The van der Waals surface area contributed by atoms with E-state index in [0.717, 1.165) is 17.9 Å². The van der Waals surface area contributed by atoms with E-state index in [1.165, 1.54) is 19.3 Å². The van der Waals surface area contributed by atoms with Gasteiger partial charge in [-0.05, 0) is 24.8 Å². The van der Waals surface area contributed by atoms with E-state index in [0.29, 0.717) is 13.2 Å². The lowest BCUT2D eigenvalue weighted by Crippen LogP contribution is -2.50. The molecule has 4 heteroatoms. The first kappa shape index (κ1) is 16.0. The van der Waals surface area contributed by atoms with Gasteiger partial charge >= 0.3 is 5.97 Å². The summed E-state index contributed by atoms with van der Waals surface area (Å²) in [5.41, 5.74) is 5.82. The lowest BCUT2D eigenvalue weighted by molar-refractivity contribution is -0.152. The fourth-order valence-electron chi connectivity index (χ4n) is 2.52. The minimum Gasteiger partial charge on any atom is -0.464 e. The second kappa shape index (κ2) is 7.57. The molecule has 1 atom stereocenters. The molecule has 0 heterocycles. The summed E-state index contributed by atoms with van der Waals surface area (Å²) in [4.78, 5) is 12.2. The zero-order valence-corrected chi connectivity index (χ0v) is 12.7. The molecule has 1 saturated carbocycles. The molecule has 0 bridgehead atoms. The van der Waals surface area contributed by atoms with Crippen LogP contribution in [0.15, 0.2) is 30.3 Å². The third-order valence-electron chi connectivity index (χ3n) is 4.15. The quantitative estimate of drug-likeness (QED) is 0.591. The Morgan fingerprint density at radius 1 is 1.33 bits per heavy atom. The molecule has 4 nitrogen and oxygen atoms in total. The number of nitrogens with two attached hydrogens (primary N) is 1. The Kier molecular flexibility index (Phi) is 5.76. The molecule has 0 aromatic heterocycles. The maximum absolute atomic E-state index is 12.2. The standard InChI is InChI=1S/C17H25NO3/c1-2-21-16(19)17(18,15-9-4-3-5-10-15)13-20-12-11-14-7-6-8-14/h3-5,9-10,14H,2,6-8,11-13,18H2,1H3. The molecule has 1 fully saturated rings. The molecule has 1 unspecified atom stereocenters. The first-order valence-corrected chi connectivity index (χ1v) is 7.76. The van der Waals surface area contributed by atoms with E-state index in [-0.39, 0.29) is 6.61 Å². The smallest absolute Gasteiger partial charge is 0.333 e. The van der Waals surface area contributed by atoms with Crippen molar-refractivity contribution in [3.8, 4) is 0 Å². The van der Waals surface area contributed by atoms with Gasteiger partial charge < -0.3 is 15.2 Å². The highest BCUT2D eigenvalue weighted by molar-refractivity contribution is 5.82. The topological polar surface area (TPSA) is 61.5 Å². The molecule has 0 aliphatic heterocycles. The van der Waals surface area contributed by atoms with Crippen LogP contribution in [0.4, 0.5) is 0 Å². The number of benzene rings is 1. The highest BCUT2D eigenvalue weighted by atomic mass is 16.5. The fourth-order valence-corrected chi connectivity index (χ4v) is 2.52. The molecule has 1 aromatic rings. The van der Waals surface area contributed by atoms with Crippen LogP contribution >= 0.6 is 0 Å². The molecule has 116 valence electrons. The maximum Gasteiger partial charge on any atom is 0.333 e. The highest BCUT2D eigenvalue weighted by Crippen LogP contribution is 2.29. The monoisotopic (exact) mass is 291 g/mol. The Morgan fingerprint density at radius 2 is 2.05 bits per heavy atom.